The van der Waals surface area contributed by atoms with Crippen molar-refractivity contribution in [3.63, 3.8) is 0 Å². The van der Waals surface area contributed by atoms with Gasteiger partial charge in [-0.15, -0.1) is 0 Å². The Balaban J connectivity index is 2.13. The lowest BCUT2D eigenvalue weighted by Gasteiger charge is -2.26. The van der Waals surface area contributed by atoms with E-state index in [0.717, 1.165) is 29.3 Å². The number of aryl methyl sites for hydroxylation is 1. The van der Waals surface area contributed by atoms with Crippen LogP contribution in [0.4, 0.5) is 5.69 Å². The molecule has 0 saturated carbocycles. The van der Waals surface area contributed by atoms with Gasteiger partial charge >= 0.3 is 10.2 Å². The third kappa shape index (κ3) is 3.24. The summed E-state index contributed by atoms with van der Waals surface area (Å²) in [4.78, 5) is 0. The van der Waals surface area contributed by atoms with Crippen molar-refractivity contribution in [1.29, 1.82) is 0 Å². The molecular weight excluding hydrogens is 316 g/mol. The molecule has 1 saturated heterocycles. The summed E-state index contributed by atoms with van der Waals surface area (Å²) >= 11 is 3.40. The Morgan fingerprint density at radius 1 is 1.22 bits per heavy atom. The lowest BCUT2D eigenvalue weighted by atomic mass is 10.2. The quantitative estimate of drug-likeness (QED) is 0.925. The fourth-order valence-corrected chi connectivity index (χ4v) is 3.65. The van der Waals surface area contributed by atoms with Crippen LogP contribution < -0.4 is 4.72 Å². The van der Waals surface area contributed by atoms with Gasteiger partial charge in [-0.05, 0) is 37.5 Å². The van der Waals surface area contributed by atoms with Gasteiger partial charge in [-0.25, -0.2) is 0 Å². The van der Waals surface area contributed by atoms with Crippen molar-refractivity contribution in [2.24, 2.45) is 0 Å². The van der Waals surface area contributed by atoms with E-state index in [2.05, 4.69) is 20.7 Å². The van der Waals surface area contributed by atoms with E-state index >= 15 is 0 Å². The highest BCUT2D eigenvalue weighted by Crippen LogP contribution is 2.22. The smallest absolute Gasteiger partial charge is 0.271 e. The molecule has 1 aromatic rings. The number of benzene rings is 1. The molecule has 18 heavy (non-hydrogen) atoms. The molecule has 6 heteroatoms. The number of nitrogens with one attached hydrogen (secondary N) is 1. The predicted octanol–water partition coefficient (Wildman–Crippen LogP) is 2.90. The molecule has 0 unspecified atom stereocenters. The second kappa shape index (κ2) is 5.59. The largest absolute Gasteiger partial charge is 0.301 e. The fourth-order valence-electron chi connectivity index (χ4n) is 1.98. The van der Waals surface area contributed by atoms with Gasteiger partial charge in [0.1, 0.15) is 0 Å². The maximum absolute atomic E-state index is 12.2. The number of halogens is 1. The van der Waals surface area contributed by atoms with E-state index < -0.39 is 10.2 Å². The standard InChI is InChI=1S/C12H17BrN2O2S/c1-10-5-6-11(9-12(10)13)14-18(16,17)15-7-3-2-4-8-15/h5-6,9,14H,2-4,7-8H2,1H3. The van der Waals surface area contributed by atoms with Gasteiger partial charge in [-0.2, -0.15) is 12.7 Å². The average molecular weight is 333 g/mol. The minimum absolute atomic E-state index is 0.595. The van der Waals surface area contributed by atoms with Crippen LogP contribution in [0.2, 0.25) is 0 Å². The molecule has 1 fully saturated rings. The van der Waals surface area contributed by atoms with E-state index in [1.54, 1.807) is 12.1 Å². The molecule has 100 valence electrons. The number of nitrogens with zero attached hydrogens (tertiary/aromatic N) is 1. The zero-order valence-corrected chi connectivity index (χ0v) is 12.7. The summed E-state index contributed by atoms with van der Waals surface area (Å²) in [7, 11) is -3.40. The van der Waals surface area contributed by atoms with Gasteiger partial charge in [0.15, 0.2) is 0 Å². The maximum atomic E-state index is 12.2. The zero-order chi connectivity index (χ0) is 13.2. The van der Waals surface area contributed by atoms with Crippen molar-refractivity contribution < 1.29 is 8.42 Å². The molecule has 1 heterocycles. The van der Waals surface area contributed by atoms with Gasteiger partial charge in [-0.1, -0.05) is 28.4 Å². The van der Waals surface area contributed by atoms with Crippen molar-refractivity contribution >= 4 is 31.8 Å². The lowest BCUT2D eigenvalue weighted by molar-refractivity contribution is 0.349. The van der Waals surface area contributed by atoms with Crippen molar-refractivity contribution in [2.45, 2.75) is 26.2 Å². The van der Waals surface area contributed by atoms with E-state index in [1.165, 1.54) is 4.31 Å². The highest BCUT2D eigenvalue weighted by molar-refractivity contribution is 9.10. The summed E-state index contributed by atoms with van der Waals surface area (Å²) in [6, 6.07) is 5.45. The van der Waals surface area contributed by atoms with Gasteiger partial charge in [0, 0.05) is 17.6 Å². The lowest BCUT2D eigenvalue weighted by Crippen LogP contribution is -2.39. The molecule has 4 nitrogen and oxygen atoms in total. The molecule has 1 aliphatic heterocycles. The molecule has 0 spiro atoms. The number of anilines is 1. The van der Waals surface area contributed by atoms with E-state index in [-0.39, 0.29) is 0 Å². The van der Waals surface area contributed by atoms with E-state index in [0.29, 0.717) is 18.8 Å². The first-order valence-corrected chi connectivity index (χ1v) is 8.26. The van der Waals surface area contributed by atoms with Crippen LogP contribution in [0, 0.1) is 6.92 Å². The van der Waals surface area contributed by atoms with Crippen molar-refractivity contribution in [1.82, 2.24) is 4.31 Å². The molecule has 1 aliphatic rings. The molecule has 0 aromatic heterocycles. The van der Waals surface area contributed by atoms with Gasteiger partial charge in [-0.3, -0.25) is 4.72 Å². The van der Waals surface area contributed by atoms with Crippen LogP contribution in [-0.2, 0) is 10.2 Å². The second-order valence-electron chi connectivity index (χ2n) is 4.53. The number of hydrogen-bond donors (Lipinski definition) is 1. The topological polar surface area (TPSA) is 49.4 Å². The molecule has 0 atom stereocenters. The van der Waals surface area contributed by atoms with Crippen molar-refractivity contribution in [3.05, 3.63) is 28.2 Å². The third-order valence-corrected chi connectivity index (χ3v) is 5.47. The Kier molecular flexibility index (Phi) is 4.29. The first-order valence-electron chi connectivity index (χ1n) is 6.03. The first-order chi connectivity index (χ1) is 8.49. The summed E-state index contributed by atoms with van der Waals surface area (Å²) in [6.07, 6.45) is 3.00. The van der Waals surface area contributed by atoms with Crippen molar-refractivity contribution in [2.75, 3.05) is 17.8 Å². The van der Waals surface area contributed by atoms with E-state index in [1.807, 2.05) is 13.0 Å². The van der Waals surface area contributed by atoms with Crippen LogP contribution in [0.25, 0.3) is 0 Å². The van der Waals surface area contributed by atoms with Gasteiger partial charge in [0.2, 0.25) is 0 Å². The Morgan fingerprint density at radius 3 is 2.50 bits per heavy atom. The second-order valence-corrected chi connectivity index (χ2v) is 7.06. The molecular formula is C12H17BrN2O2S. The van der Waals surface area contributed by atoms with Crippen LogP contribution in [0.5, 0.6) is 0 Å². The molecule has 0 bridgehead atoms. The third-order valence-electron chi connectivity index (χ3n) is 3.07. The zero-order valence-electron chi connectivity index (χ0n) is 10.3. The SMILES string of the molecule is Cc1ccc(NS(=O)(=O)N2CCCCC2)cc1Br. The van der Waals surface area contributed by atoms with Crippen LogP contribution >= 0.6 is 15.9 Å². The number of hydrogen-bond acceptors (Lipinski definition) is 2. The normalized spacial score (nSPS) is 17.7. The Hall–Kier alpha value is -0.590. The van der Waals surface area contributed by atoms with Gasteiger partial charge in [0.05, 0.1) is 5.69 Å². The van der Waals surface area contributed by atoms with Gasteiger partial charge < -0.3 is 0 Å². The van der Waals surface area contributed by atoms with Crippen LogP contribution in [-0.4, -0.2) is 25.8 Å². The fraction of sp³-hybridized carbons (Fsp3) is 0.500. The molecule has 0 radical (unpaired) electrons. The Bertz CT molecular complexity index is 525. The van der Waals surface area contributed by atoms with Crippen LogP contribution in [0.3, 0.4) is 0 Å². The van der Waals surface area contributed by atoms with E-state index in [4.69, 9.17) is 0 Å². The number of rotatable bonds is 3. The predicted molar refractivity (Wildman–Crippen MR) is 76.8 cm³/mol. The number of piperidine rings is 1. The Labute approximate surface area is 117 Å². The average Bonchev–Trinajstić information content (AvgIpc) is 2.35. The highest BCUT2D eigenvalue weighted by Gasteiger charge is 2.23. The monoisotopic (exact) mass is 332 g/mol. The summed E-state index contributed by atoms with van der Waals surface area (Å²) in [6.45, 7) is 3.19. The minimum Gasteiger partial charge on any atom is -0.271 e. The van der Waals surface area contributed by atoms with E-state index in [9.17, 15) is 8.42 Å². The molecule has 0 aliphatic carbocycles. The molecule has 2 rings (SSSR count). The summed E-state index contributed by atoms with van der Waals surface area (Å²) in [5, 5.41) is 0. The molecule has 0 amide bonds. The summed E-state index contributed by atoms with van der Waals surface area (Å²) in [5.41, 5.74) is 1.67. The summed E-state index contributed by atoms with van der Waals surface area (Å²) < 4.78 is 29.3. The first kappa shape index (κ1) is 13.8. The molecule has 1 N–H and O–H groups in total. The Morgan fingerprint density at radius 2 is 1.89 bits per heavy atom. The minimum atomic E-state index is -3.40. The maximum Gasteiger partial charge on any atom is 0.301 e. The highest BCUT2D eigenvalue weighted by atomic mass is 79.9. The molecule has 1 aromatic carbocycles. The van der Waals surface area contributed by atoms with Crippen LogP contribution in [0.1, 0.15) is 24.8 Å². The summed E-state index contributed by atoms with van der Waals surface area (Å²) in [5.74, 6) is 0. The van der Waals surface area contributed by atoms with Crippen LogP contribution in [0.15, 0.2) is 22.7 Å². The van der Waals surface area contributed by atoms with Gasteiger partial charge in [0.25, 0.3) is 0 Å². The van der Waals surface area contributed by atoms with Crippen molar-refractivity contribution in [3.8, 4) is 0 Å².